The third-order valence-corrected chi connectivity index (χ3v) is 5.00. The Balaban J connectivity index is 1.62. The van der Waals surface area contributed by atoms with E-state index in [0.717, 1.165) is 22.6 Å². The maximum Gasteiger partial charge on any atom is 0.167 e. The zero-order valence-electron chi connectivity index (χ0n) is 12.0. The summed E-state index contributed by atoms with van der Waals surface area (Å²) in [6, 6.07) is 15.2. The van der Waals surface area contributed by atoms with Crippen molar-refractivity contribution in [1.29, 1.82) is 0 Å². The van der Waals surface area contributed by atoms with Gasteiger partial charge in [-0.05, 0) is 48.0 Å². The Kier molecular flexibility index (Phi) is 4.95. The summed E-state index contributed by atoms with van der Waals surface area (Å²) in [6.45, 7) is 0.685. The smallest absolute Gasteiger partial charge is 0.167 e. The number of halogens is 1. The van der Waals surface area contributed by atoms with Crippen molar-refractivity contribution in [3.63, 3.8) is 0 Å². The summed E-state index contributed by atoms with van der Waals surface area (Å²) in [5, 5.41) is 7.13. The largest absolute Gasteiger partial charge is 0.359 e. The topological polar surface area (TPSA) is 24.1 Å². The second-order valence-corrected chi connectivity index (χ2v) is 6.73. The van der Waals surface area contributed by atoms with Crippen LogP contribution in [0.15, 0.2) is 53.4 Å². The molecule has 5 heteroatoms. The third-order valence-electron chi connectivity index (χ3n) is 3.61. The van der Waals surface area contributed by atoms with Crippen LogP contribution in [0.1, 0.15) is 23.6 Å². The van der Waals surface area contributed by atoms with Crippen molar-refractivity contribution in [1.82, 2.24) is 10.6 Å². The molecular weight excluding hydrogens is 315 g/mol. The normalized spacial score (nSPS) is 16.7. The van der Waals surface area contributed by atoms with Gasteiger partial charge in [0.1, 0.15) is 5.82 Å². The van der Waals surface area contributed by atoms with Gasteiger partial charge in [0.2, 0.25) is 0 Å². The molecule has 0 bridgehead atoms. The minimum absolute atomic E-state index is 0.0720. The third kappa shape index (κ3) is 3.78. The summed E-state index contributed by atoms with van der Waals surface area (Å²) >= 11 is 7.14. The molecule has 0 saturated carbocycles. The van der Waals surface area contributed by atoms with Crippen LogP contribution in [-0.4, -0.2) is 10.9 Å². The first kappa shape index (κ1) is 15.3. The van der Waals surface area contributed by atoms with Crippen LogP contribution >= 0.6 is 24.0 Å². The highest BCUT2D eigenvalue weighted by Crippen LogP contribution is 2.36. The number of rotatable bonds is 3. The van der Waals surface area contributed by atoms with Gasteiger partial charge in [-0.15, -0.1) is 11.8 Å². The maximum atomic E-state index is 13.5. The zero-order valence-corrected chi connectivity index (χ0v) is 13.6. The molecule has 0 unspecified atom stereocenters. The molecule has 2 aromatic rings. The molecule has 1 heterocycles. The van der Waals surface area contributed by atoms with E-state index < -0.39 is 0 Å². The quantitative estimate of drug-likeness (QED) is 0.829. The molecule has 0 fully saturated rings. The molecule has 0 aliphatic carbocycles. The second-order valence-electron chi connectivity index (χ2n) is 5.18. The van der Waals surface area contributed by atoms with Gasteiger partial charge in [-0.25, -0.2) is 4.39 Å². The van der Waals surface area contributed by atoms with E-state index in [9.17, 15) is 4.39 Å². The molecule has 114 valence electrons. The minimum atomic E-state index is -0.198. The Morgan fingerprint density at radius 3 is 2.86 bits per heavy atom. The van der Waals surface area contributed by atoms with E-state index in [1.165, 1.54) is 11.6 Å². The fourth-order valence-electron chi connectivity index (χ4n) is 2.50. The summed E-state index contributed by atoms with van der Waals surface area (Å²) in [4.78, 5) is 1.14. The Labute approximate surface area is 139 Å². The fraction of sp³-hybridized carbons (Fsp3) is 0.235. The van der Waals surface area contributed by atoms with Gasteiger partial charge in [-0.1, -0.05) is 30.3 Å². The molecule has 1 atom stereocenters. The van der Waals surface area contributed by atoms with Crippen LogP contribution in [0.2, 0.25) is 0 Å². The Morgan fingerprint density at radius 1 is 1.23 bits per heavy atom. The number of hydrogen-bond donors (Lipinski definition) is 2. The van der Waals surface area contributed by atoms with E-state index in [0.29, 0.717) is 11.7 Å². The predicted octanol–water partition coefficient (Wildman–Crippen LogP) is 4.03. The van der Waals surface area contributed by atoms with Gasteiger partial charge < -0.3 is 10.6 Å². The molecule has 3 rings (SSSR count). The lowest BCUT2D eigenvalue weighted by Gasteiger charge is -2.27. The molecule has 0 aromatic heterocycles. The maximum absolute atomic E-state index is 13.5. The molecule has 0 spiro atoms. The van der Waals surface area contributed by atoms with Crippen molar-refractivity contribution >= 4 is 29.1 Å². The number of thiocarbonyl (C=S) groups is 1. The highest BCUT2D eigenvalue weighted by atomic mass is 32.2. The van der Waals surface area contributed by atoms with E-state index in [4.69, 9.17) is 12.2 Å². The first-order valence-corrected chi connectivity index (χ1v) is 8.62. The molecule has 22 heavy (non-hydrogen) atoms. The van der Waals surface area contributed by atoms with Crippen LogP contribution in [0.25, 0.3) is 0 Å². The van der Waals surface area contributed by atoms with Gasteiger partial charge in [-0.3, -0.25) is 0 Å². The van der Waals surface area contributed by atoms with Crippen LogP contribution in [0, 0.1) is 5.82 Å². The van der Waals surface area contributed by atoms with Gasteiger partial charge in [0.05, 0.1) is 6.04 Å². The van der Waals surface area contributed by atoms with Crippen LogP contribution in [0.3, 0.4) is 0 Å². The Bertz CT molecular complexity index is 661. The molecule has 0 radical (unpaired) electrons. The molecule has 0 amide bonds. The van der Waals surface area contributed by atoms with Crippen LogP contribution < -0.4 is 10.6 Å². The fourth-order valence-corrected chi connectivity index (χ4v) is 3.82. The number of thioether (sulfide) groups is 1. The predicted molar refractivity (Wildman–Crippen MR) is 93.5 cm³/mol. The molecular formula is C17H17FN2S2. The summed E-state index contributed by atoms with van der Waals surface area (Å²) < 4.78 is 13.5. The Hall–Kier alpha value is -1.59. The van der Waals surface area contributed by atoms with Gasteiger partial charge in [-0.2, -0.15) is 0 Å². The van der Waals surface area contributed by atoms with Gasteiger partial charge in [0.25, 0.3) is 0 Å². The summed E-state index contributed by atoms with van der Waals surface area (Å²) in [6.07, 6.45) is 0.939. The standard InChI is InChI=1S/C17H17FN2S2/c18-13-6-7-16-14(10-13)15(8-9-22-16)20-17(21)19-11-12-4-2-1-3-5-12/h1-7,10,15H,8-9,11H2,(H2,19,20,21)/t15-/m1/s1. The van der Waals surface area contributed by atoms with Crippen molar-refractivity contribution in [3.8, 4) is 0 Å². The van der Waals surface area contributed by atoms with Gasteiger partial charge in [0, 0.05) is 17.2 Å². The van der Waals surface area contributed by atoms with Gasteiger partial charge >= 0.3 is 0 Å². The molecule has 2 N–H and O–H groups in total. The van der Waals surface area contributed by atoms with Crippen molar-refractivity contribution in [3.05, 3.63) is 65.5 Å². The Morgan fingerprint density at radius 2 is 2.05 bits per heavy atom. The molecule has 1 aliphatic heterocycles. The highest BCUT2D eigenvalue weighted by Gasteiger charge is 2.21. The summed E-state index contributed by atoms with van der Waals surface area (Å²) in [7, 11) is 0. The lowest BCUT2D eigenvalue weighted by atomic mass is 10.0. The second kappa shape index (κ2) is 7.11. The lowest BCUT2D eigenvalue weighted by molar-refractivity contribution is 0.581. The average molecular weight is 332 g/mol. The molecule has 2 aromatic carbocycles. The minimum Gasteiger partial charge on any atom is -0.359 e. The van der Waals surface area contributed by atoms with E-state index in [1.54, 1.807) is 17.8 Å². The van der Waals surface area contributed by atoms with Gasteiger partial charge in [0.15, 0.2) is 5.11 Å². The van der Waals surface area contributed by atoms with E-state index in [1.807, 2.05) is 24.3 Å². The SMILES string of the molecule is Fc1ccc2c(c1)[C@H](NC(=S)NCc1ccccc1)CCS2. The van der Waals surface area contributed by atoms with E-state index in [2.05, 4.69) is 22.8 Å². The summed E-state index contributed by atoms with van der Waals surface area (Å²) in [5.41, 5.74) is 2.18. The molecule has 2 nitrogen and oxygen atoms in total. The number of fused-ring (bicyclic) bond motifs is 1. The van der Waals surface area contributed by atoms with Crippen molar-refractivity contribution in [2.45, 2.75) is 23.9 Å². The van der Waals surface area contributed by atoms with Crippen molar-refractivity contribution < 1.29 is 4.39 Å². The van der Waals surface area contributed by atoms with E-state index >= 15 is 0 Å². The van der Waals surface area contributed by atoms with E-state index in [-0.39, 0.29) is 11.9 Å². The highest BCUT2D eigenvalue weighted by molar-refractivity contribution is 7.99. The number of benzene rings is 2. The van der Waals surface area contributed by atoms with Crippen molar-refractivity contribution in [2.24, 2.45) is 0 Å². The number of hydrogen-bond acceptors (Lipinski definition) is 2. The zero-order chi connectivity index (χ0) is 15.4. The summed E-state index contributed by atoms with van der Waals surface area (Å²) in [5.74, 6) is 0.814. The van der Waals surface area contributed by atoms with Crippen LogP contribution in [0.5, 0.6) is 0 Å². The molecule has 1 aliphatic rings. The van der Waals surface area contributed by atoms with Crippen molar-refractivity contribution in [2.75, 3.05) is 5.75 Å². The monoisotopic (exact) mass is 332 g/mol. The lowest BCUT2D eigenvalue weighted by Crippen LogP contribution is -2.38. The first-order chi connectivity index (χ1) is 10.7. The van der Waals surface area contributed by atoms with Crippen LogP contribution in [0.4, 0.5) is 4.39 Å². The number of nitrogens with one attached hydrogen (secondary N) is 2. The van der Waals surface area contributed by atoms with Crippen LogP contribution in [-0.2, 0) is 6.54 Å². The first-order valence-electron chi connectivity index (χ1n) is 7.23. The average Bonchev–Trinajstić information content (AvgIpc) is 2.54. The molecule has 0 saturated heterocycles.